The summed E-state index contributed by atoms with van der Waals surface area (Å²) in [6.45, 7) is 1.57. The zero-order valence-electron chi connectivity index (χ0n) is 19.4. The van der Waals surface area contributed by atoms with Gasteiger partial charge in [0.1, 0.15) is 11.5 Å². The molecule has 0 atom stereocenters. The number of carbonyl (C=O) groups is 1. The quantitative estimate of drug-likeness (QED) is 0.297. The van der Waals surface area contributed by atoms with Crippen LogP contribution in [0.4, 0.5) is 5.69 Å². The lowest BCUT2D eigenvalue weighted by molar-refractivity contribution is 0.0595. The molecule has 0 radical (unpaired) electrons. The van der Waals surface area contributed by atoms with Gasteiger partial charge in [0.15, 0.2) is 0 Å². The molecule has 0 bridgehead atoms. The summed E-state index contributed by atoms with van der Waals surface area (Å²) in [5.41, 5.74) is 8.43. The summed E-state index contributed by atoms with van der Waals surface area (Å²) in [5.74, 6) is 0.105. The maximum atomic E-state index is 13.9. The first-order chi connectivity index (χ1) is 16.8. The Morgan fingerprint density at radius 2 is 1.83 bits per heavy atom. The molecule has 0 amide bonds. The molecule has 2 aromatic heterocycles. The SMILES string of the molecule is COC(=O)c1c(Cc2cccnc2)c(-c2ccco2)c(N)c(C)c1S(=O)(=O)c1ccc(OC)cc1. The summed E-state index contributed by atoms with van der Waals surface area (Å²) in [4.78, 5) is 17.1. The third-order valence-corrected chi connectivity index (χ3v) is 7.68. The molecular weight excluding hydrogens is 468 g/mol. The monoisotopic (exact) mass is 492 g/mol. The molecule has 0 saturated carbocycles. The maximum absolute atomic E-state index is 13.9. The molecule has 2 N–H and O–H groups in total. The molecule has 0 aliphatic carbocycles. The van der Waals surface area contributed by atoms with E-state index in [4.69, 9.17) is 19.6 Å². The summed E-state index contributed by atoms with van der Waals surface area (Å²) in [7, 11) is -1.49. The highest BCUT2D eigenvalue weighted by Crippen LogP contribution is 2.42. The number of hydrogen-bond donors (Lipinski definition) is 1. The van der Waals surface area contributed by atoms with E-state index in [-0.39, 0.29) is 33.0 Å². The molecule has 4 rings (SSSR count). The number of aromatic nitrogens is 1. The zero-order valence-corrected chi connectivity index (χ0v) is 20.3. The highest BCUT2D eigenvalue weighted by molar-refractivity contribution is 7.91. The maximum Gasteiger partial charge on any atom is 0.339 e. The Labute approximate surface area is 203 Å². The Balaban J connectivity index is 2.09. The number of nitrogens with zero attached hydrogens (tertiary/aromatic N) is 1. The number of ether oxygens (including phenoxy) is 2. The van der Waals surface area contributed by atoms with Gasteiger partial charge in [-0.1, -0.05) is 6.07 Å². The van der Waals surface area contributed by atoms with Gasteiger partial charge in [0.25, 0.3) is 0 Å². The van der Waals surface area contributed by atoms with E-state index in [1.165, 1.54) is 44.7 Å². The van der Waals surface area contributed by atoms with Crippen molar-refractivity contribution in [3.63, 3.8) is 0 Å². The summed E-state index contributed by atoms with van der Waals surface area (Å²) in [5, 5.41) is 0. The number of esters is 1. The lowest BCUT2D eigenvalue weighted by Gasteiger charge is -2.22. The van der Waals surface area contributed by atoms with Gasteiger partial charge in [-0.15, -0.1) is 0 Å². The van der Waals surface area contributed by atoms with E-state index in [1.54, 1.807) is 37.5 Å². The molecule has 2 heterocycles. The highest BCUT2D eigenvalue weighted by atomic mass is 32.2. The molecule has 0 unspecified atom stereocenters. The molecule has 35 heavy (non-hydrogen) atoms. The van der Waals surface area contributed by atoms with Crippen molar-refractivity contribution in [1.29, 1.82) is 0 Å². The molecular formula is C26H24N2O6S. The third-order valence-electron chi connectivity index (χ3n) is 5.74. The first-order valence-corrected chi connectivity index (χ1v) is 12.1. The highest BCUT2D eigenvalue weighted by Gasteiger charge is 2.34. The molecule has 0 aliphatic rings. The number of nitrogens with two attached hydrogens (primary N) is 1. The summed E-state index contributed by atoms with van der Waals surface area (Å²) in [6.07, 6.45) is 4.92. The molecule has 0 saturated heterocycles. The molecule has 0 aliphatic heterocycles. The van der Waals surface area contributed by atoms with Crippen LogP contribution in [0.2, 0.25) is 0 Å². The molecule has 2 aromatic carbocycles. The largest absolute Gasteiger partial charge is 0.497 e. The van der Waals surface area contributed by atoms with Crippen LogP contribution in [0.25, 0.3) is 11.3 Å². The fourth-order valence-electron chi connectivity index (χ4n) is 4.03. The van der Waals surface area contributed by atoms with Crippen LogP contribution in [-0.4, -0.2) is 33.6 Å². The second-order valence-electron chi connectivity index (χ2n) is 7.78. The molecule has 0 spiro atoms. The normalized spacial score (nSPS) is 11.3. The lowest BCUT2D eigenvalue weighted by atomic mass is 9.90. The van der Waals surface area contributed by atoms with E-state index in [9.17, 15) is 13.2 Å². The average molecular weight is 493 g/mol. The second kappa shape index (κ2) is 9.63. The van der Waals surface area contributed by atoms with Crippen molar-refractivity contribution < 1.29 is 27.1 Å². The van der Waals surface area contributed by atoms with E-state index in [1.807, 2.05) is 6.07 Å². The fraction of sp³-hybridized carbons (Fsp3) is 0.154. The molecule has 9 heteroatoms. The Morgan fingerprint density at radius 1 is 1.09 bits per heavy atom. The van der Waals surface area contributed by atoms with Crippen LogP contribution in [0.5, 0.6) is 5.75 Å². The minimum absolute atomic E-state index is 0.0102. The number of pyridine rings is 1. The van der Waals surface area contributed by atoms with Crippen molar-refractivity contribution in [2.45, 2.75) is 23.1 Å². The van der Waals surface area contributed by atoms with Gasteiger partial charge >= 0.3 is 5.97 Å². The fourth-order valence-corrected chi connectivity index (χ4v) is 5.75. The van der Waals surface area contributed by atoms with Crippen molar-refractivity contribution in [2.75, 3.05) is 20.0 Å². The number of sulfone groups is 1. The standard InChI is InChI=1S/C26H24N2O6S/c1-16-24(27)22(21-7-5-13-34-21)20(14-17-6-4-12-28-15-17)23(26(29)33-3)25(16)35(30,31)19-10-8-18(32-2)9-11-19/h4-13,15H,14,27H2,1-3H3. The van der Waals surface area contributed by atoms with Crippen LogP contribution in [0.15, 0.2) is 81.4 Å². The van der Waals surface area contributed by atoms with Gasteiger partial charge in [-0.2, -0.15) is 0 Å². The number of nitrogen functional groups attached to an aromatic ring is 1. The van der Waals surface area contributed by atoms with Gasteiger partial charge < -0.3 is 19.6 Å². The van der Waals surface area contributed by atoms with Gasteiger partial charge in [0.05, 0.1) is 35.8 Å². The molecule has 0 fully saturated rings. The van der Waals surface area contributed by atoms with Crippen molar-refractivity contribution in [3.8, 4) is 17.1 Å². The molecule has 4 aromatic rings. The van der Waals surface area contributed by atoms with Crippen molar-refractivity contribution in [1.82, 2.24) is 4.98 Å². The average Bonchev–Trinajstić information content (AvgIpc) is 3.40. The van der Waals surface area contributed by atoms with E-state index < -0.39 is 15.8 Å². The predicted octanol–water partition coefficient (Wildman–Crippen LogP) is 4.45. The second-order valence-corrected chi connectivity index (χ2v) is 9.67. The van der Waals surface area contributed by atoms with Crippen LogP contribution in [-0.2, 0) is 21.0 Å². The number of hydrogen-bond acceptors (Lipinski definition) is 8. The van der Waals surface area contributed by atoms with E-state index in [2.05, 4.69) is 4.98 Å². The first kappa shape index (κ1) is 24.0. The third kappa shape index (κ3) is 4.38. The number of rotatable bonds is 7. The number of benzene rings is 2. The smallest absolute Gasteiger partial charge is 0.339 e. The number of methoxy groups -OCH3 is 2. The van der Waals surface area contributed by atoms with Crippen molar-refractivity contribution >= 4 is 21.5 Å². The minimum atomic E-state index is -4.19. The number of anilines is 1. The van der Waals surface area contributed by atoms with Crippen molar-refractivity contribution in [2.24, 2.45) is 0 Å². The molecule has 180 valence electrons. The van der Waals surface area contributed by atoms with Crippen LogP contribution in [0, 0.1) is 6.92 Å². The lowest BCUT2D eigenvalue weighted by Crippen LogP contribution is -2.19. The van der Waals surface area contributed by atoms with Gasteiger partial charge in [-0.3, -0.25) is 4.98 Å². The van der Waals surface area contributed by atoms with Gasteiger partial charge in [0, 0.05) is 30.1 Å². The minimum Gasteiger partial charge on any atom is -0.497 e. The summed E-state index contributed by atoms with van der Waals surface area (Å²) in [6, 6.07) is 12.9. The number of furan rings is 1. The van der Waals surface area contributed by atoms with Gasteiger partial charge in [0.2, 0.25) is 9.84 Å². The van der Waals surface area contributed by atoms with Crippen LogP contribution in [0.3, 0.4) is 0 Å². The van der Waals surface area contributed by atoms with Crippen LogP contribution < -0.4 is 10.5 Å². The van der Waals surface area contributed by atoms with Crippen molar-refractivity contribution in [3.05, 3.63) is 89.4 Å². The van der Waals surface area contributed by atoms with E-state index in [0.29, 0.717) is 22.6 Å². The van der Waals surface area contributed by atoms with E-state index in [0.717, 1.165) is 5.56 Å². The Hall–Kier alpha value is -4.11. The van der Waals surface area contributed by atoms with Gasteiger partial charge in [-0.05, 0) is 66.1 Å². The summed E-state index contributed by atoms with van der Waals surface area (Å²) < 4.78 is 43.7. The predicted molar refractivity (Wildman–Crippen MR) is 130 cm³/mol. The molecule has 8 nitrogen and oxygen atoms in total. The Bertz CT molecular complexity index is 1460. The zero-order chi connectivity index (χ0) is 25.2. The summed E-state index contributed by atoms with van der Waals surface area (Å²) >= 11 is 0. The number of carbonyl (C=O) groups excluding carboxylic acids is 1. The first-order valence-electron chi connectivity index (χ1n) is 10.6. The van der Waals surface area contributed by atoms with E-state index >= 15 is 0 Å². The van der Waals surface area contributed by atoms with Crippen LogP contribution >= 0.6 is 0 Å². The van der Waals surface area contributed by atoms with Crippen LogP contribution in [0.1, 0.15) is 27.0 Å². The Morgan fingerprint density at radius 3 is 2.40 bits per heavy atom. The van der Waals surface area contributed by atoms with Gasteiger partial charge in [-0.25, -0.2) is 13.2 Å². The Kier molecular flexibility index (Phi) is 6.61. The topological polar surface area (TPSA) is 122 Å².